The lowest BCUT2D eigenvalue weighted by atomic mass is 9.93. The van der Waals surface area contributed by atoms with E-state index in [1.54, 1.807) is 13.2 Å². The topological polar surface area (TPSA) is 124 Å². The van der Waals surface area contributed by atoms with Crippen LogP contribution in [0.3, 0.4) is 0 Å². The highest BCUT2D eigenvalue weighted by atomic mass is 32.2. The summed E-state index contributed by atoms with van der Waals surface area (Å²) in [5, 5.41) is 18.9. The van der Waals surface area contributed by atoms with Crippen LogP contribution in [0.5, 0.6) is 5.75 Å². The molecule has 2 atom stereocenters. The second-order valence-corrected chi connectivity index (χ2v) is 13.9. The molecule has 4 N–H and O–H groups in total. The van der Waals surface area contributed by atoms with Crippen LogP contribution in [0.4, 0.5) is 5.69 Å². The largest absolute Gasteiger partial charge is 0.497 e. The minimum atomic E-state index is -3.47. The van der Waals surface area contributed by atoms with Gasteiger partial charge in [-0.05, 0) is 74.1 Å². The molecule has 4 aromatic rings. The minimum Gasteiger partial charge on any atom is -0.497 e. The Balaban J connectivity index is 1.42. The average Bonchev–Trinajstić information content (AvgIpc) is 3.61. The van der Waals surface area contributed by atoms with Gasteiger partial charge in [0.25, 0.3) is 5.91 Å². The fraction of sp³-hybridized carbons (Fsp3) is 0.382. The SMILES string of the molecule is CCc1c[nH]c2c(N3CCCS3(=O)=O)cc(C(=O)N[C@@H](Cc3ccccc3)[C@H](O)CNC(C)(C)c3cccc(OC)c3)cc12. The number of nitrogens with zero attached hydrogens (tertiary/aromatic N) is 1. The Morgan fingerprint density at radius 2 is 1.89 bits per heavy atom. The van der Waals surface area contributed by atoms with Crippen molar-refractivity contribution in [3.05, 3.63) is 95.2 Å². The number of aryl methyl sites for hydroxylation is 1. The lowest BCUT2D eigenvalue weighted by molar-refractivity contribution is 0.0814. The molecule has 234 valence electrons. The van der Waals surface area contributed by atoms with Crippen LogP contribution in [0, 0.1) is 0 Å². The number of carbonyl (C=O) groups is 1. The second-order valence-electron chi connectivity index (χ2n) is 11.9. The Kier molecular flexibility index (Phi) is 9.34. The van der Waals surface area contributed by atoms with E-state index >= 15 is 0 Å². The fourth-order valence-corrected chi connectivity index (χ4v) is 7.38. The molecule has 0 spiro atoms. The minimum absolute atomic E-state index is 0.0801. The number of rotatable bonds is 12. The number of aromatic amines is 1. The van der Waals surface area contributed by atoms with Crippen LogP contribution in [0.15, 0.2) is 72.9 Å². The first-order chi connectivity index (χ1) is 21.0. The molecule has 1 saturated heterocycles. The van der Waals surface area contributed by atoms with E-state index in [1.807, 2.05) is 87.6 Å². The summed E-state index contributed by atoms with van der Waals surface area (Å²) >= 11 is 0. The van der Waals surface area contributed by atoms with E-state index in [1.165, 1.54) is 4.31 Å². The van der Waals surface area contributed by atoms with Crippen molar-refractivity contribution in [2.45, 2.75) is 57.7 Å². The number of aliphatic hydroxyl groups excluding tert-OH is 1. The monoisotopic (exact) mass is 618 g/mol. The first kappa shape index (κ1) is 31.6. The zero-order chi connectivity index (χ0) is 31.5. The summed E-state index contributed by atoms with van der Waals surface area (Å²) in [5.41, 5.74) is 4.02. The lowest BCUT2D eigenvalue weighted by Crippen LogP contribution is -2.51. The van der Waals surface area contributed by atoms with Crippen LogP contribution in [0.2, 0.25) is 0 Å². The Morgan fingerprint density at radius 3 is 2.57 bits per heavy atom. The number of nitrogens with one attached hydrogen (secondary N) is 3. The molecular formula is C34H42N4O5S. The van der Waals surface area contributed by atoms with Gasteiger partial charge in [-0.2, -0.15) is 0 Å². The quantitative estimate of drug-likeness (QED) is 0.185. The molecule has 10 heteroatoms. The van der Waals surface area contributed by atoms with Crippen molar-refractivity contribution in [3.8, 4) is 5.75 Å². The number of methoxy groups -OCH3 is 1. The molecule has 0 radical (unpaired) electrons. The number of carbonyl (C=O) groups excluding carboxylic acids is 1. The number of aliphatic hydroxyl groups is 1. The molecule has 0 unspecified atom stereocenters. The molecule has 0 bridgehead atoms. The van der Waals surface area contributed by atoms with Crippen molar-refractivity contribution in [1.82, 2.24) is 15.6 Å². The van der Waals surface area contributed by atoms with Crippen molar-refractivity contribution in [3.63, 3.8) is 0 Å². The molecular weight excluding hydrogens is 576 g/mol. The van der Waals surface area contributed by atoms with Gasteiger partial charge >= 0.3 is 0 Å². The number of H-pyrrole nitrogens is 1. The smallest absolute Gasteiger partial charge is 0.251 e. The molecule has 44 heavy (non-hydrogen) atoms. The molecule has 1 aliphatic rings. The van der Waals surface area contributed by atoms with E-state index in [0.717, 1.165) is 34.2 Å². The number of ether oxygens (including phenoxy) is 1. The fourth-order valence-electron chi connectivity index (χ4n) is 5.82. The number of aromatic nitrogens is 1. The lowest BCUT2D eigenvalue weighted by Gasteiger charge is -2.31. The summed E-state index contributed by atoms with van der Waals surface area (Å²) in [6, 6.07) is 20.3. The molecule has 5 rings (SSSR count). The van der Waals surface area contributed by atoms with Gasteiger partial charge in [0.1, 0.15) is 5.75 Å². The number of fused-ring (bicyclic) bond motifs is 1. The van der Waals surface area contributed by atoms with Crippen molar-refractivity contribution in [2.24, 2.45) is 0 Å². The maximum atomic E-state index is 13.9. The Hall–Kier alpha value is -3.86. The van der Waals surface area contributed by atoms with Crippen molar-refractivity contribution < 1.29 is 23.1 Å². The maximum absolute atomic E-state index is 13.9. The first-order valence-electron chi connectivity index (χ1n) is 15.1. The van der Waals surface area contributed by atoms with Gasteiger partial charge in [0.15, 0.2) is 0 Å². The zero-order valence-corrected chi connectivity index (χ0v) is 26.6. The summed E-state index contributed by atoms with van der Waals surface area (Å²) in [5.74, 6) is 0.454. The Labute approximate surface area is 259 Å². The Bertz CT molecular complexity index is 1720. The molecule has 9 nitrogen and oxygen atoms in total. The third kappa shape index (κ3) is 6.77. The number of hydrogen-bond acceptors (Lipinski definition) is 6. The van der Waals surface area contributed by atoms with Crippen LogP contribution in [0.1, 0.15) is 54.2 Å². The highest BCUT2D eigenvalue weighted by Crippen LogP contribution is 2.34. The predicted octanol–water partition coefficient (Wildman–Crippen LogP) is 4.51. The standard InChI is InChI=1S/C34H42N4O5S/c1-5-24-21-35-32-28(24)18-25(19-30(32)38-15-10-16-44(38,41)42)33(40)37-29(17-23-11-7-6-8-12-23)31(39)22-36-34(2,3)26-13-9-14-27(20-26)43-4/h6-9,11-14,18-21,29,31,35-36,39H,5,10,15-17,22H2,1-4H3,(H,37,40)/t29-,31+/m0/s1. The second kappa shape index (κ2) is 13.0. The maximum Gasteiger partial charge on any atom is 0.251 e. The molecule has 3 aromatic carbocycles. The molecule has 1 aromatic heterocycles. The van der Waals surface area contributed by atoms with Crippen LogP contribution < -0.4 is 19.7 Å². The third-order valence-corrected chi connectivity index (χ3v) is 10.3. The van der Waals surface area contributed by atoms with Gasteiger partial charge in [-0.1, -0.05) is 49.4 Å². The van der Waals surface area contributed by atoms with Gasteiger partial charge in [-0.15, -0.1) is 0 Å². The van der Waals surface area contributed by atoms with Gasteiger partial charge in [-0.25, -0.2) is 8.42 Å². The van der Waals surface area contributed by atoms with E-state index < -0.39 is 27.7 Å². The van der Waals surface area contributed by atoms with Crippen LogP contribution in [-0.2, 0) is 28.4 Å². The van der Waals surface area contributed by atoms with Gasteiger partial charge in [0.05, 0.1) is 36.2 Å². The number of benzene rings is 3. The third-order valence-electron chi connectivity index (χ3n) is 8.49. The highest BCUT2D eigenvalue weighted by molar-refractivity contribution is 7.93. The molecule has 2 heterocycles. The molecule has 1 aliphatic heterocycles. The molecule has 1 fully saturated rings. The summed E-state index contributed by atoms with van der Waals surface area (Å²) in [6.45, 7) is 6.67. The van der Waals surface area contributed by atoms with Crippen LogP contribution >= 0.6 is 0 Å². The van der Waals surface area contributed by atoms with Crippen LogP contribution in [0.25, 0.3) is 10.9 Å². The first-order valence-corrected chi connectivity index (χ1v) is 16.7. The number of sulfonamides is 1. The highest BCUT2D eigenvalue weighted by Gasteiger charge is 2.32. The zero-order valence-electron chi connectivity index (χ0n) is 25.8. The van der Waals surface area contributed by atoms with Crippen molar-refractivity contribution >= 4 is 32.5 Å². The van der Waals surface area contributed by atoms with E-state index in [9.17, 15) is 18.3 Å². The van der Waals surface area contributed by atoms with E-state index in [4.69, 9.17) is 4.74 Å². The summed E-state index contributed by atoms with van der Waals surface area (Å²) in [6.07, 6.45) is 2.61. The summed E-state index contributed by atoms with van der Waals surface area (Å²) in [4.78, 5) is 17.1. The van der Waals surface area contributed by atoms with Crippen LogP contribution in [-0.4, -0.2) is 62.5 Å². The number of hydrogen-bond donors (Lipinski definition) is 4. The summed E-state index contributed by atoms with van der Waals surface area (Å²) in [7, 11) is -1.84. The predicted molar refractivity (Wildman–Crippen MR) is 175 cm³/mol. The van der Waals surface area contributed by atoms with Crippen molar-refractivity contribution in [1.29, 1.82) is 0 Å². The molecule has 0 aliphatic carbocycles. The Morgan fingerprint density at radius 1 is 1.11 bits per heavy atom. The van der Waals surface area contributed by atoms with E-state index in [0.29, 0.717) is 36.2 Å². The van der Waals surface area contributed by atoms with Gasteiger partial charge in [0, 0.05) is 35.8 Å². The molecule has 1 amide bonds. The van der Waals surface area contributed by atoms with Crippen molar-refractivity contribution in [2.75, 3.05) is 30.3 Å². The normalized spacial score (nSPS) is 16.2. The molecule has 0 saturated carbocycles. The van der Waals surface area contributed by atoms with E-state index in [2.05, 4.69) is 15.6 Å². The van der Waals surface area contributed by atoms with Gasteiger partial charge in [0.2, 0.25) is 10.0 Å². The van der Waals surface area contributed by atoms with E-state index in [-0.39, 0.29) is 18.2 Å². The van der Waals surface area contributed by atoms with Gasteiger partial charge < -0.3 is 25.5 Å². The number of anilines is 1. The number of amides is 1. The van der Waals surface area contributed by atoms with Gasteiger partial charge in [-0.3, -0.25) is 9.10 Å². The summed E-state index contributed by atoms with van der Waals surface area (Å²) < 4.78 is 32.6. The average molecular weight is 619 g/mol.